The van der Waals surface area contributed by atoms with Gasteiger partial charge in [-0.2, -0.15) is 0 Å². The molecule has 2 aromatic rings. The highest BCUT2D eigenvalue weighted by Crippen LogP contribution is 2.18. The fraction of sp³-hybridized carbons (Fsp3) is 0.368. The quantitative estimate of drug-likeness (QED) is 0.730. The van der Waals surface area contributed by atoms with Crippen LogP contribution >= 0.6 is 0 Å². The lowest BCUT2D eigenvalue weighted by Gasteiger charge is -2.11. The Bertz CT molecular complexity index is 799. The molecule has 0 heterocycles. The van der Waals surface area contributed by atoms with E-state index in [4.69, 9.17) is 9.47 Å². The van der Waals surface area contributed by atoms with Crippen molar-refractivity contribution in [3.05, 3.63) is 53.6 Å². The molecule has 25 heavy (non-hydrogen) atoms. The van der Waals surface area contributed by atoms with Crippen molar-refractivity contribution >= 4 is 10.0 Å². The van der Waals surface area contributed by atoms with Crippen LogP contribution in [0.4, 0.5) is 0 Å². The number of nitrogens with one attached hydrogen (secondary N) is 1. The monoisotopic (exact) mass is 363 g/mol. The second-order valence-corrected chi connectivity index (χ2v) is 7.90. The van der Waals surface area contributed by atoms with Crippen LogP contribution in [0.15, 0.2) is 47.4 Å². The molecule has 0 saturated carbocycles. The van der Waals surface area contributed by atoms with E-state index in [9.17, 15) is 8.42 Å². The van der Waals surface area contributed by atoms with Gasteiger partial charge in [0.05, 0.1) is 11.0 Å². The average molecular weight is 363 g/mol. The van der Waals surface area contributed by atoms with Crippen molar-refractivity contribution < 1.29 is 17.9 Å². The zero-order valence-electron chi connectivity index (χ0n) is 15.1. The van der Waals surface area contributed by atoms with E-state index in [-0.39, 0.29) is 24.2 Å². The van der Waals surface area contributed by atoms with Gasteiger partial charge in [0.25, 0.3) is 0 Å². The molecule has 0 aliphatic heterocycles. The summed E-state index contributed by atoms with van der Waals surface area (Å²) in [5.41, 5.74) is 2.33. The molecular weight excluding hydrogens is 338 g/mol. The van der Waals surface area contributed by atoms with Crippen molar-refractivity contribution in [2.24, 2.45) is 0 Å². The van der Waals surface area contributed by atoms with Gasteiger partial charge in [0.15, 0.2) is 0 Å². The Hall–Kier alpha value is -2.05. The van der Waals surface area contributed by atoms with Crippen LogP contribution in [0.2, 0.25) is 0 Å². The highest BCUT2D eigenvalue weighted by molar-refractivity contribution is 7.89. The molecule has 1 N–H and O–H groups in total. The summed E-state index contributed by atoms with van der Waals surface area (Å²) < 4.78 is 38.2. The third-order valence-electron chi connectivity index (χ3n) is 3.65. The summed E-state index contributed by atoms with van der Waals surface area (Å²) in [5, 5.41) is 0. The van der Waals surface area contributed by atoms with Crippen molar-refractivity contribution in [2.45, 2.75) is 38.7 Å². The molecule has 0 atom stereocenters. The van der Waals surface area contributed by atoms with Crippen LogP contribution in [0.1, 0.15) is 25.0 Å². The van der Waals surface area contributed by atoms with Gasteiger partial charge in [-0.15, -0.1) is 0 Å². The van der Waals surface area contributed by atoms with Crippen molar-refractivity contribution in [3.63, 3.8) is 0 Å². The molecule has 136 valence electrons. The minimum atomic E-state index is -3.56. The Morgan fingerprint density at radius 3 is 2.20 bits per heavy atom. The molecule has 0 spiro atoms. The molecule has 0 saturated heterocycles. The lowest BCUT2D eigenvalue weighted by molar-refractivity contribution is 0.242. The predicted molar refractivity (Wildman–Crippen MR) is 98.8 cm³/mol. The minimum absolute atomic E-state index is 0.0446. The molecule has 2 aromatic carbocycles. The van der Waals surface area contributed by atoms with Crippen molar-refractivity contribution in [2.75, 3.05) is 13.2 Å². The van der Waals surface area contributed by atoms with E-state index in [1.807, 2.05) is 45.9 Å². The van der Waals surface area contributed by atoms with E-state index in [0.29, 0.717) is 5.75 Å². The van der Waals surface area contributed by atoms with Gasteiger partial charge in [-0.3, -0.25) is 0 Å². The zero-order chi connectivity index (χ0) is 18.4. The van der Waals surface area contributed by atoms with Crippen LogP contribution in [-0.4, -0.2) is 27.7 Å². The van der Waals surface area contributed by atoms with Crippen LogP contribution < -0.4 is 14.2 Å². The summed E-state index contributed by atoms with van der Waals surface area (Å²) in [4.78, 5) is 0.204. The fourth-order valence-corrected chi connectivity index (χ4v) is 3.21. The molecule has 0 unspecified atom stereocenters. The van der Waals surface area contributed by atoms with Gasteiger partial charge >= 0.3 is 0 Å². The average Bonchev–Trinajstić information content (AvgIpc) is 2.55. The second-order valence-electron chi connectivity index (χ2n) is 6.13. The van der Waals surface area contributed by atoms with Crippen LogP contribution in [-0.2, 0) is 10.0 Å². The standard InChI is InChI=1S/C19H25NO4S/c1-14(2)24-17-7-9-19(10-8-17)25(21,22)20-11-12-23-18-6-5-15(3)16(4)13-18/h5-10,13-14,20H,11-12H2,1-4H3. The molecule has 2 rings (SSSR count). The normalized spacial score (nSPS) is 11.6. The van der Waals surface area contributed by atoms with Gasteiger partial charge in [-0.05, 0) is 75.2 Å². The van der Waals surface area contributed by atoms with Crippen molar-refractivity contribution in [1.82, 2.24) is 4.72 Å². The summed E-state index contributed by atoms with van der Waals surface area (Å²) in [6, 6.07) is 12.2. The number of ether oxygens (including phenoxy) is 2. The number of hydrogen-bond acceptors (Lipinski definition) is 4. The molecule has 0 aromatic heterocycles. The third-order valence-corrected chi connectivity index (χ3v) is 5.12. The maximum Gasteiger partial charge on any atom is 0.240 e. The number of sulfonamides is 1. The molecule has 0 bridgehead atoms. The van der Waals surface area contributed by atoms with Gasteiger partial charge in [0, 0.05) is 6.54 Å². The summed E-state index contributed by atoms with van der Waals surface area (Å²) in [6.45, 7) is 8.33. The maximum atomic E-state index is 12.3. The molecule has 0 radical (unpaired) electrons. The first-order valence-electron chi connectivity index (χ1n) is 8.24. The number of benzene rings is 2. The summed E-state index contributed by atoms with van der Waals surface area (Å²) >= 11 is 0. The predicted octanol–water partition coefficient (Wildman–Crippen LogP) is 3.45. The Balaban J connectivity index is 1.87. The molecule has 0 aliphatic carbocycles. The zero-order valence-corrected chi connectivity index (χ0v) is 15.9. The van der Waals surface area contributed by atoms with Gasteiger partial charge in [0.1, 0.15) is 18.1 Å². The van der Waals surface area contributed by atoms with Crippen molar-refractivity contribution in [3.8, 4) is 11.5 Å². The molecule has 5 nitrogen and oxygen atoms in total. The van der Waals surface area contributed by atoms with Crippen molar-refractivity contribution in [1.29, 1.82) is 0 Å². The van der Waals surface area contributed by atoms with E-state index in [1.54, 1.807) is 12.1 Å². The highest BCUT2D eigenvalue weighted by Gasteiger charge is 2.13. The van der Waals surface area contributed by atoms with Crippen LogP contribution in [0.5, 0.6) is 11.5 Å². The van der Waals surface area contributed by atoms with Gasteiger partial charge in [0.2, 0.25) is 10.0 Å². The Morgan fingerprint density at radius 2 is 1.60 bits per heavy atom. The molecule has 6 heteroatoms. The minimum Gasteiger partial charge on any atom is -0.492 e. The first kappa shape index (κ1) is 19.3. The highest BCUT2D eigenvalue weighted by atomic mass is 32.2. The SMILES string of the molecule is Cc1ccc(OCCNS(=O)(=O)c2ccc(OC(C)C)cc2)cc1C. The van der Waals surface area contributed by atoms with E-state index in [2.05, 4.69) is 4.72 Å². The van der Waals surface area contributed by atoms with E-state index < -0.39 is 10.0 Å². The third kappa shape index (κ3) is 5.76. The topological polar surface area (TPSA) is 64.6 Å². The largest absolute Gasteiger partial charge is 0.492 e. The molecular formula is C19H25NO4S. The summed E-state index contributed by atoms with van der Waals surface area (Å²) in [7, 11) is -3.56. The number of hydrogen-bond donors (Lipinski definition) is 1. The van der Waals surface area contributed by atoms with Gasteiger partial charge in [-0.1, -0.05) is 6.07 Å². The first-order chi connectivity index (χ1) is 11.8. The van der Waals surface area contributed by atoms with E-state index in [0.717, 1.165) is 11.3 Å². The molecule has 0 fully saturated rings. The Kier molecular flexibility index (Phi) is 6.45. The lowest BCUT2D eigenvalue weighted by Crippen LogP contribution is -2.28. The van der Waals surface area contributed by atoms with Gasteiger partial charge in [-0.25, -0.2) is 13.1 Å². The molecule has 0 aliphatic rings. The maximum absolute atomic E-state index is 12.3. The summed E-state index contributed by atoms with van der Waals surface area (Å²) in [5.74, 6) is 1.38. The van der Waals surface area contributed by atoms with E-state index >= 15 is 0 Å². The summed E-state index contributed by atoms with van der Waals surface area (Å²) in [6.07, 6.45) is 0.0446. The number of rotatable bonds is 8. The fourth-order valence-electron chi connectivity index (χ4n) is 2.20. The first-order valence-corrected chi connectivity index (χ1v) is 9.73. The Morgan fingerprint density at radius 1 is 0.960 bits per heavy atom. The van der Waals surface area contributed by atoms with Gasteiger partial charge < -0.3 is 9.47 Å². The van der Waals surface area contributed by atoms with E-state index in [1.165, 1.54) is 17.7 Å². The van der Waals surface area contributed by atoms with Crippen LogP contribution in [0.3, 0.4) is 0 Å². The lowest BCUT2D eigenvalue weighted by atomic mass is 10.1. The van der Waals surface area contributed by atoms with Crippen LogP contribution in [0.25, 0.3) is 0 Å². The second kappa shape index (κ2) is 8.36. The smallest absolute Gasteiger partial charge is 0.240 e. The molecule has 0 amide bonds. The number of aryl methyl sites for hydroxylation is 2. The van der Waals surface area contributed by atoms with Crippen LogP contribution in [0, 0.1) is 13.8 Å². The Labute approximate surface area is 150 Å².